The van der Waals surface area contributed by atoms with E-state index in [2.05, 4.69) is 5.32 Å². The summed E-state index contributed by atoms with van der Waals surface area (Å²) in [6, 6.07) is 13.6. The van der Waals surface area contributed by atoms with Gasteiger partial charge in [0, 0.05) is 16.8 Å². The van der Waals surface area contributed by atoms with Crippen molar-refractivity contribution < 1.29 is 14.3 Å². The number of fused-ring (bicyclic) bond motifs is 3. The normalized spacial score (nSPS) is 26.9. The summed E-state index contributed by atoms with van der Waals surface area (Å²) in [6.45, 7) is 0. The Labute approximate surface area is 159 Å². The number of anilines is 1. The molecule has 5 rings (SSSR count). The fourth-order valence-electron chi connectivity index (χ4n) is 4.82. The number of benzene rings is 2. The van der Waals surface area contributed by atoms with Crippen molar-refractivity contribution in [3.05, 3.63) is 53.6 Å². The molecule has 4 nitrogen and oxygen atoms in total. The third-order valence-electron chi connectivity index (χ3n) is 6.16. The van der Waals surface area contributed by atoms with Gasteiger partial charge < -0.3 is 14.8 Å². The lowest BCUT2D eigenvalue weighted by atomic mass is 9.97. The zero-order chi connectivity index (χ0) is 18.4. The van der Waals surface area contributed by atoms with E-state index in [0.29, 0.717) is 11.5 Å². The third kappa shape index (κ3) is 2.89. The number of rotatable bonds is 4. The van der Waals surface area contributed by atoms with Crippen LogP contribution in [0.4, 0.5) is 5.69 Å². The van der Waals surface area contributed by atoms with E-state index in [9.17, 15) is 4.79 Å². The van der Waals surface area contributed by atoms with Gasteiger partial charge in [0.2, 0.25) is 0 Å². The van der Waals surface area contributed by atoms with Crippen LogP contribution in [0.3, 0.4) is 0 Å². The van der Waals surface area contributed by atoms with Gasteiger partial charge in [-0.3, -0.25) is 4.79 Å². The smallest absolute Gasteiger partial charge is 0.256 e. The Kier molecular flexibility index (Phi) is 3.92. The molecule has 27 heavy (non-hydrogen) atoms. The van der Waals surface area contributed by atoms with Crippen LogP contribution in [0.1, 0.15) is 36.8 Å². The largest absolute Gasteiger partial charge is 0.493 e. The summed E-state index contributed by atoms with van der Waals surface area (Å²) in [5, 5.41) is 2.92. The molecule has 1 aliphatic heterocycles. The topological polar surface area (TPSA) is 47.6 Å². The van der Waals surface area contributed by atoms with Crippen molar-refractivity contribution in [1.82, 2.24) is 0 Å². The van der Waals surface area contributed by atoms with Crippen molar-refractivity contribution in [3.8, 4) is 11.5 Å². The second-order valence-corrected chi connectivity index (χ2v) is 7.80. The predicted octanol–water partition coefficient (Wildman–Crippen LogP) is 4.76. The van der Waals surface area contributed by atoms with Crippen molar-refractivity contribution >= 4 is 23.2 Å². The molecule has 0 spiro atoms. The number of amides is 1. The summed E-state index contributed by atoms with van der Waals surface area (Å²) in [7, 11) is 1.67. The van der Waals surface area contributed by atoms with Crippen LogP contribution in [0.5, 0.6) is 11.5 Å². The predicted molar refractivity (Wildman–Crippen MR) is 106 cm³/mol. The van der Waals surface area contributed by atoms with Gasteiger partial charge >= 0.3 is 0 Å². The van der Waals surface area contributed by atoms with E-state index in [0.717, 1.165) is 40.7 Å². The third-order valence-corrected chi connectivity index (χ3v) is 6.16. The first kappa shape index (κ1) is 16.4. The maximum Gasteiger partial charge on any atom is 0.256 e. The number of hydrogen-bond acceptors (Lipinski definition) is 3. The van der Waals surface area contributed by atoms with Crippen molar-refractivity contribution in [3.63, 3.8) is 0 Å². The van der Waals surface area contributed by atoms with Gasteiger partial charge in [0.05, 0.1) is 7.11 Å². The van der Waals surface area contributed by atoms with Crippen molar-refractivity contribution in [1.29, 1.82) is 0 Å². The van der Waals surface area contributed by atoms with Crippen LogP contribution in [0, 0.1) is 11.8 Å². The zero-order valence-corrected chi connectivity index (χ0v) is 15.4. The summed E-state index contributed by atoms with van der Waals surface area (Å²) in [6.07, 6.45) is 7.29. The number of hydrogen-bond donors (Lipinski definition) is 1. The minimum Gasteiger partial charge on any atom is -0.493 e. The maximum absolute atomic E-state index is 12.4. The molecule has 4 heteroatoms. The lowest BCUT2D eigenvalue weighted by Gasteiger charge is -2.24. The molecule has 2 saturated carbocycles. The van der Waals surface area contributed by atoms with E-state index >= 15 is 0 Å². The summed E-state index contributed by atoms with van der Waals surface area (Å²) in [4.78, 5) is 12.4. The van der Waals surface area contributed by atoms with Crippen molar-refractivity contribution in [2.75, 3.05) is 12.4 Å². The Balaban J connectivity index is 1.46. The average Bonchev–Trinajstić information content (AvgIpc) is 3.37. The zero-order valence-electron chi connectivity index (χ0n) is 15.4. The van der Waals surface area contributed by atoms with Gasteiger partial charge in [-0.2, -0.15) is 0 Å². The Morgan fingerprint density at radius 2 is 1.96 bits per heavy atom. The first-order chi connectivity index (χ1) is 13.2. The molecule has 0 radical (unpaired) electrons. The molecule has 1 N–H and O–H groups in total. The van der Waals surface area contributed by atoms with Crippen LogP contribution in [0.15, 0.2) is 42.5 Å². The maximum atomic E-state index is 12.4. The molecule has 1 heterocycles. The molecule has 138 valence electrons. The van der Waals surface area contributed by atoms with Crippen molar-refractivity contribution in [2.24, 2.45) is 11.8 Å². The molecule has 0 aromatic heterocycles. The van der Waals surface area contributed by atoms with E-state index in [1.54, 1.807) is 7.11 Å². The minimum atomic E-state index is -0.0670. The average molecular weight is 361 g/mol. The van der Waals surface area contributed by atoms with Crippen LogP contribution in [-0.2, 0) is 4.79 Å². The first-order valence-electron chi connectivity index (χ1n) is 9.68. The first-order valence-corrected chi connectivity index (χ1v) is 9.68. The molecule has 2 aromatic carbocycles. The standard InChI is InChI=1S/C23H23NO3/c1-26-20-9-7-15(11-18-17-4-2-3-5-19(17)24-23(18)25)13-22(20)27-21-12-14-6-8-16(21)10-14/h2-5,7,9,11,13-14,16,21H,6,8,10,12H2,1H3,(H,24,25)/t14-,16+,21-/m0/s1. The molecule has 3 atom stereocenters. The second-order valence-electron chi connectivity index (χ2n) is 7.80. The molecular formula is C23H23NO3. The summed E-state index contributed by atoms with van der Waals surface area (Å²) in [5.74, 6) is 2.96. The number of ether oxygens (including phenoxy) is 2. The Bertz CT molecular complexity index is 933. The summed E-state index contributed by atoms with van der Waals surface area (Å²) in [5.41, 5.74) is 3.42. The lowest BCUT2D eigenvalue weighted by Crippen LogP contribution is -2.23. The highest BCUT2D eigenvalue weighted by atomic mass is 16.5. The monoisotopic (exact) mass is 361 g/mol. The van der Waals surface area contributed by atoms with Crippen LogP contribution >= 0.6 is 0 Å². The molecule has 0 saturated heterocycles. The summed E-state index contributed by atoms with van der Waals surface area (Å²) >= 11 is 0. The molecule has 1 amide bonds. The van der Waals surface area contributed by atoms with Gasteiger partial charge in [-0.25, -0.2) is 0 Å². The van der Waals surface area contributed by atoms with E-state index in [1.807, 2.05) is 48.5 Å². The molecule has 2 bridgehead atoms. The molecular weight excluding hydrogens is 338 g/mol. The lowest BCUT2D eigenvalue weighted by molar-refractivity contribution is -0.110. The molecule has 2 aliphatic carbocycles. The second kappa shape index (κ2) is 6.45. The van der Waals surface area contributed by atoms with Crippen LogP contribution in [0.2, 0.25) is 0 Å². The number of methoxy groups -OCH3 is 1. The fourth-order valence-corrected chi connectivity index (χ4v) is 4.82. The van der Waals surface area contributed by atoms with E-state index < -0.39 is 0 Å². The Hall–Kier alpha value is -2.75. The molecule has 2 aromatic rings. The number of carbonyl (C=O) groups is 1. The number of para-hydroxylation sites is 1. The Morgan fingerprint density at radius 3 is 2.74 bits per heavy atom. The van der Waals surface area contributed by atoms with Crippen LogP contribution in [-0.4, -0.2) is 19.1 Å². The van der Waals surface area contributed by atoms with Gasteiger partial charge in [-0.1, -0.05) is 24.3 Å². The van der Waals surface area contributed by atoms with Gasteiger partial charge in [-0.15, -0.1) is 0 Å². The molecule has 0 unspecified atom stereocenters. The highest BCUT2D eigenvalue weighted by molar-refractivity contribution is 6.34. The van der Waals surface area contributed by atoms with E-state index in [1.165, 1.54) is 19.3 Å². The molecule has 3 aliphatic rings. The SMILES string of the molecule is COc1ccc(C=C2C(=O)Nc3ccccc32)cc1O[C@H]1C[C@H]2CC[C@@H]1C2. The quantitative estimate of drug-likeness (QED) is 0.799. The van der Waals surface area contributed by atoms with Crippen LogP contribution in [0.25, 0.3) is 11.6 Å². The fraction of sp³-hybridized carbons (Fsp3) is 0.348. The van der Waals surface area contributed by atoms with E-state index in [-0.39, 0.29) is 12.0 Å². The summed E-state index contributed by atoms with van der Waals surface area (Å²) < 4.78 is 11.9. The number of nitrogens with one attached hydrogen (secondary N) is 1. The highest BCUT2D eigenvalue weighted by Crippen LogP contribution is 2.47. The minimum absolute atomic E-state index is 0.0670. The van der Waals surface area contributed by atoms with Crippen LogP contribution < -0.4 is 14.8 Å². The van der Waals surface area contributed by atoms with Gasteiger partial charge in [0.1, 0.15) is 6.10 Å². The van der Waals surface area contributed by atoms with Gasteiger partial charge in [-0.05, 0) is 67.4 Å². The van der Waals surface area contributed by atoms with Gasteiger partial charge in [0.25, 0.3) is 5.91 Å². The Morgan fingerprint density at radius 1 is 1.07 bits per heavy atom. The van der Waals surface area contributed by atoms with Crippen molar-refractivity contribution in [2.45, 2.75) is 31.8 Å². The highest BCUT2D eigenvalue weighted by Gasteiger charge is 2.41. The van der Waals surface area contributed by atoms with E-state index in [4.69, 9.17) is 9.47 Å². The molecule has 2 fully saturated rings. The van der Waals surface area contributed by atoms with Gasteiger partial charge in [0.15, 0.2) is 11.5 Å². The number of carbonyl (C=O) groups excluding carboxylic acids is 1.